The number of rotatable bonds is 12. The van der Waals surface area contributed by atoms with Gasteiger partial charge in [-0.3, -0.25) is 4.79 Å². The highest BCUT2D eigenvalue weighted by atomic mass is 16.5. The molecule has 0 bridgehead atoms. The van der Waals surface area contributed by atoms with Gasteiger partial charge in [-0.05, 0) is 7.05 Å². The van der Waals surface area contributed by atoms with Crippen LogP contribution in [0.4, 0.5) is 0 Å². The molecule has 0 spiro atoms. The molecule has 0 unspecified atom stereocenters. The van der Waals surface area contributed by atoms with Crippen molar-refractivity contribution in [2.24, 2.45) is 0 Å². The third-order valence-electron chi connectivity index (χ3n) is 1.93. The maximum absolute atomic E-state index is 11.1. The molecular weight excluding hydrogens is 224 g/mol. The van der Waals surface area contributed by atoms with E-state index in [0.717, 1.165) is 12.8 Å². The van der Waals surface area contributed by atoms with Gasteiger partial charge in [0.15, 0.2) is 0 Å². The molecular formula is C11H22N2O4. The van der Waals surface area contributed by atoms with Gasteiger partial charge in [-0.2, -0.15) is 0 Å². The van der Waals surface area contributed by atoms with Crippen LogP contribution < -0.4 is 10.6 Å². The van der Waals surface area contributed by atoms with E-state index in [2.05, 4.69) is 10.6 Å². The second kappa shape index (κ2) is 13.1. The van der Waals surface area contributed by atoms with Crippen LogP contribution in [0.1, 0.15) is 12.8 Å². The maximum atomic E-state index is 11.1. The minimum Gasteiger partial charge on any atom is -0.379 e. The van der Waals surface area contributed by atoms with E-state index < -0.39 is 0 Å². The molecule has 0 aliphatic carbocycles. The van der Waals surface area contributed by atoms with Crippen LogP contribution in [0.25, 0.3) is 0 Å². The normalized spacial score (nSPS) is 10.2. The number of carbonyl (C=O) groups is 2. The zero-order chi connectivity index (χ0) is 12.8. The molecule has 0 saturated carbocycles. The Morgan fingerprint density at radius 1 is 1.12 bits per heavy atom. The Morgan fingerprint density at radius 2 is 1.82 bits per heavy atom. The number of nitrogens with one attached hydrogen (secondary N) is 2. The zero-order valence-electron chi connectivity index (χ0n) is 10.4. The van der Waals surface area contributed by atoms with Crippen LogP contribution in [0.5, 0.6) is 0 Å². The van der Waals surface area contributed by atoms with Gasteiger partial charge in [0.25, 0.3) is 0 Å². The topological polar surface area (TPSA) is 76.7 Å². The molecule has 6 heteroatoms. The Bertz CT molecular complexity index is 200. The van der Waals surface area contributed by atoms with E-state index >= 15 is 0 Å². The molecule has 1 amide bonds. The molecule has 2 N–H and O–H groups in total. The van der Waals surface area contributed by atoms with Gasteiger partial charge < -0.3 is 24.9 Å². The minimum absolute atomic E-state index is 0.0945. The first-order valence-corrected chi connectivity index (χ1v) is 5.81. The number of aldehydes is 1. The van der Waals surface area contributed by atoms with E-state index in [1.165, 1.54) is 0 Å². The second-order valence-electron chi connectivity index (χ2n) is 3.38. The van der Waals surface area contributed by atoms with E-state index in [1.807, 2.05) is 7.05 Å². The number of carbonyl (C=O) groups excluding carboxylic acids is 2. The highest BCUT2D eigenvalue weighted by molar-refractivity contribution is 5.76. The van der Waals surface area contributed by atoms with Gasteiger partial charge in [0.05, 0.1) is 26.4 Å². The number of hydrogen-bond donors (Lipinski definition) is 2. The summed E-state index contributed by atoms with van der Waals surface area (Å²) in [4.78, 5) is 21.1. The van der Waals surface area contributed by atoms with Gasteiger partial charge in [0.1, 0.15) is 6.29 Å². The lowest BCUT2D eigenvalue weighted by Gasteiger charge is -2.06. The van der Waals surface area contributed by atoms with Crippen molar-refractivity contribution in [3.05, 3.63) is 0 Å². The van der Waals surface area contributed by atoms with Gasteiger partial charge in [0.2, 0.25) is 5.91 Å². The fourth-order valence-corrected chi connectivity index (χ4v) is 1.02. The van der Waals surface area contributed by atoms with Crippen molar-refractivity contribution < 1.29 is 19.1 Å². The number of ether oxygens (including phenoxy) is 2. The summed E-state index contributed by atoms with van der Waals surface area (Å²) in [6, 6.07) is 0. The fourth-order valence-electron chi connectivity index (χ4n) is 1.02. The number of amides is 1. The van der Waals surface area contributed by atoms with Crippen molar-refractivity contribution in [3.63, 3.8) is 0 Å². The summed E-state index contributed by atoms with van der Waals surface area (Å²) in [6.07, 6.45) is 1.44. The van der Waals surface area contributed by atoms with Gasteiger partial charge in [-0.15, -0.1) is 0 Å². The molecule has 0 aromatic heterocycles. The number of likely N-dealkylation sites (N-methyl/N-ethyl adjacent to an activating group) is 1. The molecule has 0 rings (SSSR count). The van der Waals surface area contributed by atoms with Crippen molar-refractivity contribution >= 4 is 12.2 Å². The van der Waals surface area contributed by atoms with E-state index in [9.17, 15) is 9.59 Å². The van der Waals surface area contributed by atoms with Gasteiger partial charge in [0, 0.05) is 25.9 Å². The molecule has 0 fully saturated rings. The zero-order valence-corrected chi connectivity index (χ0v) is 10.4. The van der Waals surface area contributed by atoms with Crippen molar-refractivity contribution in [1.82, 2.24) is 10.6 Å². The average molecular weight is 246 g/mol. The summed E-state index contributed by atoms with van der Waals surface area (Å²) < 4.78 is 10.4. The molecule has 100 valence electrons. The van der Waals surface area contributed by atoms with Gasteiger partial charge in [-0.25, -0.2) is 0 Å². The van der Waals surface area contributed by atoms with E-state index in [-0.39, 0.29) is 5.91 Å². The lowest BCUT2D eigenvalue weighted by Crippen LogP contribution is -2.25. The van der Waals surface area contributed by atoms with Crippen LogP contribution >= 0.6 is 0 Å². The standard InChI is InChI=1S/C11H22N2O4/c1-12-5-8-17-10-9-16-7-3-11(15)13-4-2-6-14/h6,12H,2-5,7-10H2,1H3,(H,13,15). The molecule has 6 nitrogen and oxygen atoms in total. The Morgan fingerprint density at radius 3 is 2.47 bits per heavy atom. The van der Waals surface area contributed by atoms with Crippen LogP contribution in [0.15, 0.2) is 0 Å². The summed E-state index contributed by atoms with van der Waals surface area (Å²) in [5.41, 5.74) is 0. The van der Waals surface area contributed by atoms with E-state index in [4.69, 9.17) is 9.47 Å². The van der Waals surface area contributed by atoms with E-state index in [0.29, 0.717) is 45.8 Å². The van der Waals surface area contributed by atoms with E-state index in [1.54, 1.807) is 0 Å². The quantitative estimate of drug-likeness (QED) is 0.353. The predicted octanol–water partition coefficient (Wildman–Crippen LogP) is -0.666. The van der Waals surface area contributed by atoms with Crippen LogP contribution in [0.2, 0.25) is 0 Å². The molecule has 0 heterocycles. The Labute approximate surface area is 102 Å². The maximum Gasteiger partial charge on any atom is 0.222 e. The summed E-state index contributed by atoms with van der Waals surface area (Å²) in [5.74, 6) is -0.0945. The van der Waals surface area contributed by atoms with Crippen molar-refractivity contribution in [2.45, 2.75) is 12.8 Å². The predicted molar refractivity (Wildman–Crippen MR) is 63.9 cm³/mol. The van der Waals surface area contributed by atoms with Crippen LogP contribution in [-0.4, -0.2) is 58.8 Å². The second-order valence-corrected chi connectivity index (χ2v) is 3.38. The van der Waals surface area contributed by atoms with Gasteiger partial charge in [-0.1, -0.05) is 0 Å². The SMILES string of the molecule is CNCCOCCOCCC(=O)NCCC=O. The number of hydrogen-bond acceptors (Lipinski definition) is 5. The Balaban J connectivity index is 3.11. The smallest absolute Gasteiger partial charge is 0.222 e. The van der Waals surface area contributed by atoms with Crippen molar-refractivity contribution in [1.29, 1.82) is 0 Å². The lowest BCUT2D eigenvalue weighted by molar-refractivity contribution is -0.122. The highest BCUT2D eigenvalue weighted by Gasteiger charge is 1.99. The highest BCUT2D eigenvalue weighted by Crippen LogP contribution is 1.84. The molecule has 17 heavy (non-hydrogen) atoms. The summed E-state index contributed by atoms with van der Waals surface area (Å²) in [5, 5.41) is 5.58. The molecule has 0 aromatic rings. The first kappa shape index (κ1) is 16.0. The van der Waals surface area contributed by atoms with Crippen LogP contribution in [0.3, 0.4) is 0 Å². The first-order valence-electron chi connectivity index (χ1n) is 5.81. The summed E-state index contributed by atoms with van der Waals surface area (Å²) in [6.45, 7) is 3.28. The minimum atomic E-state index is -0.0945. The summed E-state index contributed by atoms with van der Waals surface area (Å²) >= 11 is 0. The fraction of sp³-hybridized carbons (Fsp3) is 0.818. The average Bonchev–Trinajstić information content (AvgIpc) is 2.33. The molecule has 0 aliphatic rings. The lowest BCUT2D eigenvalue weighted by atomic mass is 10.4. The van der Waals surface area contributed by atoms with Crippen LogP contribution in [0, 0.1) is 0 Å². The Hall–Kier alpha value is -0.980. The molecule has 0 radical (unpaired) electrons. The summed E-state index contributed by atoms with van der Waals surface area (Å²) in [7, 11) is 1.86. The molecule has 0 aromatic carbocycles. The molecule has 0 aliphatic heterocycles. The molecule has 0 saturated heterocycles. The van der Waals surface area contributed by atoms with Crippen LogP contribution in [-0.2, 0) is 19.1 Å². The molecule has 0 atom stereocenters. The largest absolute Gasteiger partial charge is 0.379 e. The van der Waals surface area contributed by atoms with Gasteiger partial charge >= 0.3 is 0 Å². The third-order valence-corrected chi connectivity index (χ3v) is 1.93. The first-order chi connectivity index (χ1) is 8.31. The monoisotopic (exact) mass is 246 g/mol. The Kier molecular flexibility index (Phi) is 12.3. The van der Waals surface area contributed by atoms with Crippen molar-refractivity contribution in [3.8, 4) is 0 Å². The third kappa shape index (κ3) is 13.0. The van der Waals surface area contributed by atoms with Crippen molar-refractivity contribution in [2.75, 3.05) is 46.6 Å².